The lowest BCUT2D eigenvalue weighted by atomic mass is 10.00. The zero-order chi connectivity index (χ0) is 31.3. The normalized spacial score (nSPS) is 16.6. The van der Waals surface area contributed by atoms with E-state index in [9.17, 15) is 0 Å². The zero-order valence-corrected chi connectivity index (χ0v) is 27.6. The third-order valence-electron chi connectivity index (χ3n) is 9.07. The number of piperazine rings is 1. The molecule has 2 aliphatic heterocycles. The van der Waals surface area contributed by atoms with Crippen LogP contribution >= 0.6 is 11.9 Å². The van der Waals surface area contributed by atoms with E-state index in [1.54, 1.807) is 36.6 Å². The first kappa shape index (κ1) is 31.1. The van der Waals surface area contributed by atoms with Gasteiger partial charge in [0.05, 0.1) is 16.9 Å². The summed E-state index contributed by atoms with van der Waals surface area (Å²) in [5.74, 6) is 1.18. The minimum atomic E-state index is 0.520. The molecule has 10 nitrogen and oxygen atoms in total. The molecule has 2 aliphatic rings. The van der Waals surface area contributed by atoms with Gasteiger partial charge in [0.2, 0.25) is 5.95 Å². The molecule has 4 heterocycles. The summed E-state index contributed by atoms with van der Waals surface area (Å²) in [4.78, 5) is 26.3. The van der Waals surface area contributed by atoms with Gasteiger partial charge in [0.1, 0.15) is 11.3 Å². The summed E-state index contributed by atoms with van der Waals surface area (Å²) < 4.78 is 2.08. The largest absolute Gasteiger partial charge is 0.371 e. The van der Waals surface area contributed by atoms with E-state index in [1.807, 2.05) is 25.4 Å². The predicted molar refractivity (Wildman–Crippen MR) is 190 cm³/mol. The highest BCUT2D eigenvalue weighted by Gasteiger charge is 2.27. The summed E-state index contributed by atoms with van der Waals surface area (Å²) in [7, 11) is 4.25. The van der Waals surface area contributed by atoms with Gasteiger partial charge in [-0.05, 0) is 62.2 Å². The molecule has 2 saturated heterocycles. The van der Waals surface area contributed by atoms with Crippen molar-refractivity contribution in [3.8, 4) is 0 Å². The highest BCUT2D eigenvalue weighted by molar-refractivity contribution is 7.99. The number of likely N-dealkylation sites (N-methyl/N-ethyl adjacent to an activating group) is 1. The van der Waals surface area contributed by atoms with Crippen molar-refractivity contribution >= 4 is 63.6 Å². The highest BCUT2D eigenvalue weighted by Crippen LogP contribution is 2.37. The van der Waals surface area contributed by atoms with Gasteiger partial charge in [-0.3, -0.25) is 14.9 Å². The van der Waals surface area contributed by atoms with Gasteiger partial charge in [0.25, 0.3) is 0 Å². The summed E-state index contributed by atoms with van der Waals surface area (Å²) in [6.07, 6.45) is 12.4. The number of anilines is 6. The fourth-order valence-electron chi connectivity index (χ4n) is 6.40. The first-order valence-corrected chi connectivity index (χ1v) is 17.0. The van der Waals surface area contributed by atoms with Crippen molar-refractivity contribution < 1.29 is 0 Å². The summed E-state index contributed by atoms with van der Waals surface area (Å²) >= 11 is 1.61. The minimum Gasteiger partial charge on any atom is -0.371 e. The molecule has 11 heteroatoms. The van der Waals surface area contributed by atoms with Gasteiger partial charge < -0.3 is 24.7 Å². The number of piperidine rings is 1. The van der Waals surface area contributed by atoms with Crippen molar-refractivity contribution in [1.29, 1.82) is 0 Å². The molecule has 2 aromatic carbocycles. The second-order valence-electron chi connectivity index (χ2n) is 11.8. The Morgan fingerprint density at radius 3 is 2.51 bits per heavy atom. The molecular formula is C34H44N10S. The number of aryl methyl sites for hydroxylation is 1. The van der Waals surface area contributed by atoms with Crippen LogP contribution in [0.2, 0.25) is 0 Å². The van der Waals surface area contributed by atoms with Crippen molar-refractivity contribution in [3.05, 3.63) is 66.6 Å². The molecule has 0 saturated carbocycles. The number of nitrogens with one attached hydrogen (secondary N) is 2. The van der Waals surface area contributed by atoms with Crippen LogP contribution in [0.4, 0.5) is 34.5 Å². The van der Waals surface area contributed by atoms with E-state index in [0.717, 1.165) is 53.2 Å². The third kappa shape index (κ3) is 6.85. The molecule has 0 amide bonds. The number of hydrogen-bond acceptors (Lipinski definition) is 11. The topological polar surface area (TPSA) is 88.6 Å². The van der Waals surface area contributed by atoms with Crippen LogP contribution in [0.1, 0.15) is 30.9 Å². The lowest BCUT2D eigenvalue weighted by Gasteiger charge is -2.43. The van der Waals surface area contributed by atoms with Crippen molar-refractivity contribution in [3.63, 3.8) is 0 Å². The number of benzene rings is 2. The first-order chi connectivity index (χ1) is 22.0. The highest BCUT2D eigenvalue weighted by atomic mass is 32.2. The monoisotopic (exact) mass is 624 g/mol. The Kier molecular flexibility index (Phi) is 9.67. The average molecular weight is 625 g/mol. The summed E-state index contributed by atoms with van der Waals surface area (Å²) in [5, 5.41) is 6.99. The number of aromatic nitrogens is 4. The van der Waals surface area contributed by atoms with Crippen molar-refractivity contribution in [1.82, 2.24) is 29.7 Å². The summed E-state index contributed by atoms with van der Waals surface area (Å²) in [5.41, 5.74) is 7.93. The number of hydrogen-bond donors (Lipinski definition) is 2. The quantitative estimate of drug-likeness (QED) is 0.202. The lowest BCUT2D eigenvalue weighted by molar-refractivity contribution is 0.0982. The Bertz CT molecular complexity index is 1630. The van der Waals surface area contributed by atoms with Gasteiger partial charge in [0.15, 0.2) is 0 Å². The maximum Gasteiger partial charge on any atom is 0.229 e. The summed E-state index contributed by atoms with van der Waals surface area (Å²) in [6.45, 7) is 13.2. The molecule has 2 N–H and O–H groups in total. The van der Waals surface area contributed by atoms with Crippen LogP contribution < -0.4 is 19.8 Å². The molecule has 0 bridgehead atoms. The lowest BCUT2D eigenvalue weighted by Crippen LogP contribution is -2.52. The van der Waals surface area contributed by atoms with Crippen LogP contribution in [0.3, 0.4) is 0 Å². The maximum absolute atomic E-state index is 4.88. The maximum atomic E-state index is 4.88. The van der Waals surface area contributed by atoms with Crippen molar-refractivity contribution in [2.75, 3.05) is 79.5 Å². The van der Waals surface area contributed by atoms with Crippen LogP contribution in [0.5, 0.6) is 0 Å². The fraction of sp³-hybridized carbons (Fsp3) is 0.412. The van der Waals surface area contributed by atoms with E-state index >= 15 is 0 Å². The van der Waals surface area contributed by atoms with Gasteiger partial charge in [-0.1, -0.05) is 31.5 Å². The molecular weight excluding hydrogens is 581 g/mol. The Morgan fingerprint density at radius 2 is 1.78 bits per heavy atom. The second kappa shape index (κ2) is 14.0. The molecule has 0 spiro atoms. The Hall–Kier alpha value is -3.93. The van der Waals surface area contributed by atoms with E-state index < -0.39 is 0 Å². The van der Waals surface area contributed by atoms with Gasteiger partial charge in [-0.25, -0.2) is 4.98 Å². The molecule has 2 aromatic heterocycles. The first-order valence-electron chi connectivity index (χ1n) is 15.8. The predicted octanol–water partition coefficient (Wildman–Crippen LogP) is 6.04. The smallest absolute Gasteiger partial charge is 0.229 e. The molecule has 0 atom stereocenters. The zero-order valence-electron chi connectivity index (χ0n) is 26.8. The molecule has 2 fully saturated rings. The fourth-order valence-corrected chi connectivity index (χ4v) is 6.77. The average Bonchev–Trinajstić information content (AvgIpc) is 3.08. The van der Waals surface area contributed by atoms with E-state index in [0.29, 0.717) is 17.8 Å². The van der Waals surface area contributed by atoms with Gasteiger partial charge in [0, 0.05) is 94.1 Å². The van der Waals surface area contributed by atoms with Crippen LogP contribution in [0, 0.1) is 0 Å². The molecule has 6 rings (SSSR count). The number of fused-ring (bicyclic) bond motifs is 1. The van der Waals surface area contributed by atoms with Gasteiger partial charge in [-0.15, -0.1) is 0 Å². The van der Waals surface area contributed by atoms with Crippen LogP contribution in [-0.2, 0) is 6.42 Å². The van der Waals surface area contributed by atoms with Gasteiger partial charge in [-0.2, -0.15) is 4.98 Å². The van der Waals surface area contributed by atoms with E-state index in [1.165, 1.54) is 50.3 Å². The molecule has 0 radical (unpaired) electrons. The third-order valence-corrected chi connectivity index (χ3v) is 9.80. The van der Waals surface area contributed by atoms with E-state index in [4.69, 9.17) is 4.98 Å². The Labute approximate surface area is 271 Å². The number of rotatable bonds is 10. The van der Waals surface area contributed by atoms with Crippen molar-refractivity contribution in [2.24, 2.45) is 0 Å². The van der Waals surface area contributed by atoms with Crippen LogP contribution in [-0.4, -0.2) is 95.4 Å². The molecule has 0 unspecified atom stereocenters. The standard InChI is InChI=1S/C34H44N10S/c1-6-24-22-26(8-11-30(24)44-16-12-27(13-17-44)43-20-18-41(3)19-21-43)38-34-37-23-25(7-2)33(40-34)39-29-10-9-28-31(36-15-14-35-28)32(29)42(4)45-5/h7-11,14-15,22-23,27H,2,6,12-13,16-21H2,1,3-5H3,(H2,37,38,39,40). The second-order valence-corrected chi connectivity index (χ2v) is 12.7. The van der Waals surface area contributed by atoms with Crippen LogP contribution in [0.25, 0.3) is 17.1 Å². The molecule has 4 aromatic rings. The Morgan fingerprint density at radius 1 is 1.00 bits per heavy atom. The summed E-state index contributed by atoms with van der Waals surface area (Å²) in [6, 6.07) is 11.3. The minimum absolute atomic E-state index is 0.520. The van der Waals surface area contributed by atoms with Gasteiger partial charge >= 0.3 is 0 Å². The Balaban J connectivity index is 1.19. The van der Waals surface area contributed by atoms with E-state index in [2.05, 4.69) is 83.3 Å². The van der Waals surface area contributed by atoms with Crippen LogP contribution in [0.15, 0.2) is 55.5 Å². The SMILES string of the molecule is C=Cc1cnc(Nc2ccc(N3CCC(N4CCN(C)CC4)CC3)c(CC)c2)nc1Nc1ccc2nccnc2c1N(C)SC. The molecule has 0 aliphatic carbocycles. The van der Waals surface area contributed by atoms with E-state index in [-0.39, 0.29) is 0 Å². The number of nitrogens with zero attached hydrogens (tertiary/aromatic N) is 8. The van der Waals surface area contributed by atoms with Crippen molar-refractivity contribution in [2.45, 2.75) is 32.2 Å². The molecule has 45 heavy (non-hydrogen) atoms. The molecule has 236 valence electrons.